The normalized spacial score (nSPS) is 23.9. The highest BCUT2D eigenvalue weighted by molar-refractivity contribution is 5.89. The van der Waals surface area contributed by atoms with Gasteiger partial charge in [0.25, 0.3) is 0 Å². The van der Waals surface area contributed by atoms with E-state index in [-0.39, 0.29) is 11.5 Å². The van der Waals surface area contributed by atoms with E-state index in [1.165, 1.54) is 12.1 Å². The van der Waals surface area contributed by atoms with Crippen LogP contribution in [0.2, 0.25) is 0 Å². The Bertz CT molecular complexity index is 508. The van der Waals surface area contributed by atoms with Gasteiger partial charge in [0.1, 0.15) is 18.0 Å². The predicted octanol–water partition coefficient (Wildman–Crippen LogP) is 0.407. The zero-order valence-electron chi connectivity index (χ0n) is 9.98. The Morgan fingerprint density at radius 2 is 2.15 bits per heavy atom. The summed E-state index contributed by atoms with van der Waals surface area (Å²) in [5, 5.41) is 9.01. The Balaban J connectivity index is 2.28. The quantitative estimate of drug-likeness (QED) is 0.307. The van der Waals surface area contributed by atoms with Crippen LogP contribution in [-0.4, -0.2) is 23.3 Å². The van der Waals surface area contributed by atoms with E-state index in [9.17, 15) is 13.2 Å². The molecule has 0 aliphatic carbocycles. The van der Waals surface area contributed by atoms with Crippen molar-refractivity contribution in [2.45, 2.75) is 18.4 Å². The molecule has 0 amide bonds. The summed E-state index contributed by atoms with van der Waals surface area (Å²) < 4.78 is 37.7. The van der Waals surface area contributed by atoms with Gasteiger partial charge in [-0.05, 0) is 18.2 Å². The van der Waals surface area contributed by atoms with Crippen LogP contribution in [0.1, 0.15) is 5.56 Å². The molecule has 0 saturated carbocycles. The minimum Gasteiger partial charge on any atom is -0.312 e. The zero-order chi connectivity index (χ0) is 14.8. The molecule has 20 heavy (non-hydrogen) atoms. The molecule has 2 rings (SSSR count). The van der Waals surface area contributed by atoms with Gasteiger partial charge in [-0.15, -0.1) is 0 Å². The molecule has 1 saturated heterocycles. The molecule has 0 bridgehead atoms. The highest BCUT2D eigenvalue weighted by Crippen LogP contribution is 2.31. The summed E-state index contributed by atoms with van der Waals surface area (Å²) in [6, 6.07) is 3.62. The molecule has 10 heteroatoms. The molecule has 2 unspecified atom stereocenters. The Labute approximate surface area is 111 Å². The molecule has 110 valence electrons. The molecule has 0 aromatic heterocycles. The number of rotatable bonds is 2. The fraction of sp³-hybridized carbons (Fsp3) is 0.300. The number of hydrogen-bond donors (Lipinski definition) is 5. The van der Waals surface area contributed by atoms with Crippen LogP contribution >= 0.6 is 0 Å². The summed E-state index contributed by atoms with van der Waals surface area (Å²) in [7, 11) is 0. The first-order valence-corrected chi connectivity index (χ1v) is 5.50. The zero-order valence-corrected chi connectivity index (χ0v) is 9.98. The lowest BCUT2D eigenvalue weighted by Gasteiger charge is -2.14. The van der Waals surface area contributed by atoms with E-state index in [4.69, 9.17) is 10.9 Å². The Kier molecular flexibility index (Phi) is 4.20. The molecule has 1 aliphatic heterocycles. The first-order chi connectivity index (χ1) is 9.41. The van der Waals surface area contributed by atoms with Crippen molar-refractivity contribution in [1.29, 1.82) is 0 Å². The Morgan fingerprint density at radius 3 is 2.70 bits per heavy atom. The third kappa shape index (κ3) is 3.23. The van der Waals surface area contributed by atoms with Gasteiger partial charge in [0.2, 0.25) is 0 Å². The standard InChI is InChI=1S/C10H12F3N5O2/c11-10(12,13)5-2-1-3-6(4-5)15-9(16-19)7-8(14)18-20-17-7/h1-4,7-8,17-19H,14H2,(H,15,16). The van der Waals surface area contributed by atoms with Crippen LogP contribution in [0.3, 0.4) is 0 Å². The first kappa shape index (κ1) is 14.7. The summed E-state index contributed by atoms with van der Waals surface area (Å²) in [4.78, 5) is 8.51. The van der Waals surface area contributed by atoms with E-state index in [1.807, 2.05) is 0 Å². The number of hydroxylamine groups is 3. The van der Waals surface area contributed by atoms with E-state index in [0.29, 0.717) is 0 Å². The van der Waals surface area contributed by atoms with Gasteiger partial charge >= 0.3 is 6.18 Å². The third-order valence-corrected chi connectivity index (χ3v) is 2.57. The molecule has 1 aliphatic rings. The predicted molar refractivity (Wildman–Crippen MR) is 62.6 cm³/mol. The number of halogens is 3. The highest BCUT2D eigenvalue weighted by atomic mass is 19.4. The highest BCUT2D eigenvalue weighted by Gasteiger charge is 2.31. The molecule has 0 spiro atoms. The maximum absolute atomic E-state index is 12.6. The SMILES string of the molecule is NC1NONC1C(=Nc1cccc(C(F)(F)F)c1)NO. The van der Waals surface area contributed by atoms with Gasteiger partial charge < -0.3 is 5.73 Å². The van der Waals surface area contributed by atoms with Crippen LogP contribution in [0.25, 0.3) is 0 Å². The second-order valence-corrected chi connectivity index (χ2v) is 4.00. The van der Waals surface area contributed by atoms with Gasteiger partial charge in [0.05, 0.1) is 11.3 Å². The molecule has 1 heterocycles. The molecule has 1 aromatic rings. The van der Waals surface area contributed by atoms with Crippen LogP contribution in [0.5, 0.6) is 0 Å². The summed E-state index contributed by atoms with van der Waals surface area (Å²) in [5.41, 5.74) is 11.3. The minimum atomic E-state index is -4.47. The van der Waals surface area contributed by atoms with Crippen molar-refractivity contribution in [3.05, 3.63) is 29.8 Å². The van der Waals surface area contributed by atoms with Crippen molar-refractivity contribution in [2.24, 2.45) is 10.7 Å². The summed E-state index contributed by atoms with van der Waals surface area (Å²) >= 11 is 0. The molecular formula is C10H12F3N5O2. The van der Waals surface area contributed by atoms with Crippen molar-refractivity contribution >= 4 is 11.5 Å². The monoisotopic (exact) mass is 291 g/mol. The molecule has 0 radical (unpaired) electrons. The number of hydrogen-bond acceptors (Lipinski definition) is 6. The van der Waals surface area contributed by atoms with E-state index in [1.54, 1.807) is 5.48 Å². The number of nitrogens with one attached hydrogen (secondary N) is 3. The molecule has 7 nitrogen and oxygen atoms in total. The van der Waals surface area contributed by atoms with Crippen molar-refractivity contribution in [3.63, 3.8) is 0 Å². The number of amidine groups is 1. The van der Waals surface area contributed by atoms with Crippen LogP contribution in [0.4, 0.5) is 18.9 Å². The van der Waals surface area contributed by atoms with Crippen LogP contribution in [-0.2, 0) is 11.1 Å². The molecule has 2 atom stereocenters. The smallest absolute Gasteiger partial charge is 0.312 e. The topological polar surface area (TPSA) is 104 Å². The van der Waals surface area contributed by atoms with Gasteiger partial charge in [0.15, 0.2) is 0 Å². The van der Waals surface area contributed by atoms with E-state index in [0.717, 1.165) is 12.1 Å². The largest absolute Gasteiger partial charge is 0.416 e. The first-order valence-electron chi connectivity index (χ1n) is 5.50. The number of aliphatic imine (C=N–C) groups is 1. The van der Waals surface area contributed by atoms with E-state index in [2.05, 4.69) is 20.9 Å². The van der Waals surface area contributed by atoms with Gasteiger partial charge in [-0.1, -0.05) is 6.07 Å². The number of nitrogens with zero attached hydrogens (tertiary/aromatic N) is 1. The van der Waals surface area contributed by atoms with Gasteiger partial charge in [0, 0.05) is 0 Å². The van der Waals surface area contributed by atoms with E-state index < -0.39 is 23.9 Å². The van der Waals surface area contributed by atoms with Gasteiger partial charge in [-0.25, -0.2) is 9.93 Å². The maximum atomic E-state index is 12.6. The van der Waals surface area contributed by atoms with Crippen LogP contribution < -0.4 is 22.2 Å². The lowest BCUT2D eigenvalue weighted by Crippen LogP contribution is -2.50. The Hall–Kier alpha value is -1.72. The fourth-order valence-corrected chi connectivity index (χ4v) is 1.59. The van der Waals surface area contributed by atoms with Crippen molar-refractivity contribution < 1.29 is 23.3 Å². The fourth-order valence-electron chi connectivity index (χ4n) is 1.59. The maximum Gasteiger partial charge on any atom is 0.416 e. The molecule has 1 aromatic carbocycles. The van der Waals surface area contributed by atoms with Crippen molar-refractivity contribution in [3.8, 4) is 0 Å². The average molecular weight is 291 g/mol. The van der Waals surface area contributed by atoms with E-state index >= 15 is 0 Å². The lowest BCUT2D eigenvalue weighted by molar-refractivity contribution is -0.137. The lowest BCUT2D eigenvalue weighted by atomic mass is 10.2. The molecule has 1 fully saturated rings. The average Bonchev–Trinajstić information content (AvgIpc) is 2.81. The van der Waals surface area contributed by atoms with Gasteiger partial charge in [-0.2, -0.15) is 24.1 Å². The molecule has 6 N–H and O–H groups in total. The summed E-state index contributed by atoms with van der Waals surface area (Å²) in [6.45, 7) is 0. The number of alkyl halides is 3. The number of benzene rings is 1. The van der Waals surface area contributed by atoms with Crippen molar-refractivity contribution in [1.82, 2.24) is 16.4 Å². The minimum absolute atomic E-state index is 0.0114. The van der Waals surface area contributed by atoms with Crippen LogP contribution in [0.15, 0.2) is 29.3 Å². The number of nitrogens with two attached hydrogens (primary N) is 1. The summed E-state index contributed by atoms with van der Waals surface area (Å²) in [6.07, 6.45) is -5.19. The summed E-state index contributed by atoms with van der Waals surface area (Å²) in [5.74, 6) is -0.0816. The van der Waals surface area contributed by atoms with Gasteiger partial charge in [-0.3, -0.25) is 10.7 Å². The second-order valence-electron chi connectivity index (χ2n) is 4.00. The third-order valence-electron chi connectivity index (χ3n) is 2.57. The molecular weight excluding hydrogens is 279 g/mol. The second kappa shape index (κ2) is 5.73. The van der Waals surface area contributed by atoms with Crippen LogP contribution in [0, 0.1) is 0 Å². The van der Waals surface area contributed by atoms with Crippen molar-refractivity contribution in [2.75, 3.05) is 0 Å². The Morgan fingerprint density at radius 1 is 1.40 bits per heavy atom.